The van der Waals surface area contributed by atoms with Gasteiger partial charge < -0.3 is 10.7 Å². The van der Waals surface area contributed by atoms with Crippen LogP contribution in [0.25, 0.3) is 0 Å². The van der Waals surface area contributed by atoms with Crippen molar-refractivity contribution in [2.24, 2.45) is 5.73 Å². The van der Waals surface area contributed by atoms with E-state index < -0.39 is 21.7 Å². The second-order valence-electron chi connectivity index (χ2n) is 4.25. The SMILES string of the molecule is NCc1cc(S(=O)(=O)NC2(C(F)(F)F)CC2)c[nH]1. The third kappa shape index (κ3) is 2.25. The summed E-state index contributed by atoms with van der Waals surface area (Å²) in [7, 11) is -4.18. The lowest BCUT2D eigenvalue weighted by atomic mass is 10.3. The fourth-order valence-electron chi connectivity index (χ4n) is 1.58. The molecule has 2 rings (SSSR count). The first-order valence-electron chi connectivity index (χ1n) is 5.18. The van der Waals surface area contributed by atoms with Crippen LogP contribution in [0.2, 0.25) is 0 Å². The van der Waals surface area contributed by atoms with E-state index in [9.17, 15) is 21.6 Å². The highest BCUT2D eigenvalue weighted by molar-refractivity contribution is 7.89. The Hall–Kier alpha value is -1.06. The monoisotopic (exact) mass is 283 g/mol. The largest absolute Gasteiger partial charge is 0.407 e. The molecule has 18 heavy (non-hydrogen) atoms. The molecule has 1 saturated carbocycles. The molecule has 0 spiro atoms. The molecule has 9 heteroatoms. The van der Waals surface area contributed by atoms with E-state index >= 15 is 0 Å². The maximum absolute atomic E-state index is 12.7. The van der Waals surface area contributed by atoms with Gasteiger partial charge in [0.25, 0.3) is 0 Å². The molecule has 1 aromatic heterocycles. The van der Waals surface area contributed by atoms with E-state index in [-0.39, 0.29) is 24.3 Å². The van der Waals surface area contributed by atoms with Crippen LogP contribution in [-0.4, -0.2) is 25.1 Å². The van der Waals surface area contributed by atoms with Crippen molar-refractivity contribution >= 4 is 10.0 Å². The fourth-order valence-corrected chi connectivity index (χ4v) is 3.04. The number of rotatable bonds is 4. The van der Waals surface area contributed by atoms with Crippen LogP contribution in [0.3, 0.4) is 0 Å². The predicted molar refractivity (Wildman–Crippen MR) is 57.0 cm³/mol. The summed E-state index contributed by atoms with van der Waals surface area (Å²) in [6.45, 7) is 0.0833. The molecule has 102 valence electrons. The van der Waals surface area contributed by atoms with Crippen LogP contribution in [0, 0.1) is 0 Å². The zero-order valence-electron chi connectivity index (χ0n) is 9.21. The molecule has 5 nitrogen and oxygen atoms in total. The Morgan fingerprint density at radius 2 is 2.06 bits per heavy atom. The molecule has 1 aromatic rings. The minimum atomic E-state index is -4.58. The minimum absolute atomic E-state index is 0.0833. The number of alkyl halides is 3. The van der Waals surface area contributed by atoms with Gasteiger partial charge in [-0.1, -0.05) is 0 Å². The molecule has 0 atom stereocenters. The summed E-state index contributed by atoms with van der Waals surface area (Å²) in [6.07, 6.45) is -3.92. The summed E-state index contributed by atoms with van der Waals surface area (Å²) in [4.78, 5) is 2.34. The molecular weight excluding hydrogens is 271 g/mol. The van der Waals surface area contributed by atoms with Crippen LogP contribution in [0.1, 0.15) is 18.5 Å². The van der Waals surface area contributed by atoms with Crippen molar-refractivity contribution < 1.29 is 21.6 Å². The van der Waals surface area contributed by atoms with Crippen LogP contribution >= 0.6 is 0 Å². The van der Waals surface area contributed by atoms with Gasteiger partial charge in [0, 0.05) is 18.4 Å². The second-order valence-corrected chi connectivity index (χ2v) is 5.93. The van der Waals surface area contributed by atoms with Crippen molar-refractivity contribution in [3.05, 3.63) is 18.0 Å². The van der Waals surface area contributed by atoms with Crippen LogP contribution in [0.5, 0.6) is 0 Å². The van der Waals surface area contributed by atoms with Gasteiger partial charge >= 0.3 is 6.18 Å². The normalized spacial score (nSPS) is 18.9. The van der Waals surface area contributed by atoms with E-state index in [1.165, 1.54) is 6.07 Å². The van der Waals surface area contributed by atoms with Crippen molar-refractivity contribution in [3.63, 3.8) is 0 Å². The highest BCUT2D eigenvalue weighted by atomic mass is 32.2. The lowest BCUT2D eigenvalue weighted by Gasteiger charge is -2.20. The van der Waals surface area contributed by atoms with Crippen LogP contribution < -0.4 is 10.5 Å². The number of hydrogen-bond donors (Lipinski definition) is 3. The van der Waals surface area contributed by atoms with Gasteiger partial charge in [-0.2, -0.15) is 17.9 Å². The molecule has 0 saturated heterocycles. The summed E-state index contributed by atoms with van der Waals surface area (Å²) in [5.74, 6) is 0. The number of H-pyrrole nitrogens is 1. The summed E-state index contributed by atoms with van der Waals surface area (Å²) < 4.78 is 63.3. The van der Waals surface area contributed by atoms with E-state index in [0.717, 1.165) is 6.20 Å². The molecule has 0 aromatic carbocycles. The van der Waals surface area contributed by atoms with E-state index in [0.29, 0.717) is 5.69 Å². The summed E-state index contributed by atoms with van der Waals surface area (Å²) in [6, 6.07) is 1.22. The third-order valence-electron chi connectivity index (χ3n) is 2.87. The molecule has 4 N–H and O–H groups in total. The number of aromatic amines is 1. The van der Waals surface area contributed by atoms with Gasteiger partial charge in [-0.05, 0) is 18.9 Å². The Balaban J connectivity index is 2.23. The second kappa shape index (κ2) is 3.97. The summed E-state index contributed by atoms with van der Waals surface area (Å²) >= 11 is 0. The number of hydrogen-bond acceptors (Lipinski definition) is 3. The molecule has 1 fully saturated rings. The molecule has 1 aliphatic carbocycles. The summed E-state index contributed by atoms with van der Waals surface area (Å²) in [5.41, 5.74) is 3.43. The minimum Gasteiger partial charge on any atom is -0.363 e. The standard InChI is InChI=1S/C9H12F3N3O2S/c10-9(11,12)8(1-2-8)15-18(16,17)7-3-6(4-13)14-5-7/h3,5,14-15H,1-2,4,13H2. The number of sulfonamides is 1. The average molecular weight is 283 g/mol. The van der Waals surface area contributed by atoms with Gasteiger partial charge in [-0.3, -0.25) is 0 Å². The van der Waals surface area contributed by atoms with Gasteiger partial charge in [-0.15, -0.1) is 0 Å². The lowest BCUT2D eigenvalue weighted by molar-refractivity contribution is -0.160. The van der Waals surface area contributed by atoms with Crippen molar-refractivity contribution in [2.75, 3.05) is 0 Å². The maximum atomic E-state index is 12.7. The van der Waals surface area contributed by atoms with Gasteiger partial charge in [0.05, 0.1) is 4.90 Å². The lowest BCUT2D eigenvalue weighted by Crippen LogP contribution is -2.47. The van der Waals surface area contributed by atoms with E-state index in [1.807, 2.05) is 0 Å². The van der Waals surface area contributed by atoms with Crippen molar-refractivity contribution in [1.29, 1.82) is 0 Å². The maximum Gasteiger partial charge on any atom is 0.407 e. The number of aromatic nitrogens is 1. The van der Waals surface area contributed by atoms with Crippen LogP contribution in [0.4, 0.5) is 13.2 Å². The Bertz CT molecular complexity index is 546. The van der Waals surface area contributed by atoms with E-state index in [4.69, 9.17) is 5.73 Å². The molecule has 0 unspecified atom stereocenters. The van der Waals surface area contributed by atoms with Gasteiger partial charge in [0.2, 0.25) is 10.0 Å². The van der Waals surface area contributed by atoms with Crippen molar-refractivity contribution in [3.8, 4) is 0 Å². The van der Waals surface area contributed by atoms with Crippen molar-refractivity contribution in [2.45, 2.75) is 36.0 Å². The quantitative estimate of drug-likeness (QED) is 0.765. The molecule has 1 aliphatic rings. The van der Waals surface area contributed by atoms with Gasteiger partial charge in [0.1, 0.15) is 5.54 Å². The first kappa shape index (κ1) is 13.4. The topological polar surface area (TPSA) is 88.0 Å². The first-order chi connectivity index (χ1) is 8.20. The molecule has 1 heterocycles. The highest BCUT2D eigenvalue weighted by Gasteiger charge is 2.65. The zero-order valence-corrected chi connectivity index (χ0v) is 10.0. The van der Waals surface area contributed by atoms with Gasteiger partial charge in [-0.25, -0.2) is 8.42 Å². The Kier molecular flexibility index (Phi) is 2.95. The van der Waals surface area contributed by atoms with E-state index in [2.05, 4.69) is 4.98 Å². The molecule has 0 amide bonds. The van der Waals surface area contributed by atoms with Gasteiger partial charge in [0.15, 0.2) is 0 Å². The fraction of sp³-hybridized carbons (Fsp3) is 0.556. The molecule has 0 bridgehead atoms. The first-order valence-corrected chi connectivity index (χ1v) is 6.67. The summed E-state index contributed by atoms with van der Waals surface area (Å²) in [5, 5.41) is 0. The molecule has 0 radical (unpaired) electrons. The number of nitrogens with two attached hydrogens (primary N) is 1. The Morgan fingerprint density at radius 3 is 2.44 bits per heavy atom. The molecule has 0 aliphatic heterocycles. The number of halogens is 3. The Morgan fingerprint density at radius 1 is 1.44 bits per heavy atom. The predicted octanol–water partition coefficient (Wildman–Crippen LogP) is 0.847. The molecular formula is C9H12F3N3O2S. The zero-order chi connectivity index (χ0) is 13.6. The van der Waals surface area contributed by atoms with Crippen LogP contribution in [0.15, 0.2) is 17.2 Å². The number of nitrogens with one attached hydrogen (secondary N) is 2. The highest BCUT2D eigenvalue weighted by Crippen LogP contribution is 2.49. The third-order valence-corrected chi connectivity index (χ3v) is 4.38. The smallest absolute Gasteiger partial charge is 0.363 e. The van der Waals surface area contributed by atoms with Crippen LogP contribution in [-0.2, 0) is 16.6 Å². The average Bonchev–Trinajstić information content (AvgIpc) is 2.86. The van der Waals surface area contributed by atoms with E-state index in [1.54, 1.807) is 4.72 Å². The van der Waals surface area contributed by atoms with Crippen molar-refractivity contribution in [1.82, 2.24) is 9.71 Å². The Labute approximate surface area is 102 Å².